The molecule has 2 rings (SSSR count). The van der Waals surface area contributed by atoms with Crippen LogP contribution < -0.4 is 5.73 Å². The lowest BCUT2D eigenvalue weighted by atomic mass is 10.2. The van der Waals surface area contributed by atoms with Gasteiger partial charge in [0.25, 0.3) is 0 Å². The maximum absolute atomic E-state index is 12.2. The Morgan fingerprint density at radius 2 is 2.09 bits per heavy atom. The van der Waals surface area contributed by atoms with Gasteiger partial charge in [0.15, 0.2) is 0 Å². The number of thioether (sulfide) groups is 1. The van der Waals surface area contributed by atoms with Crippen LogP contribution >= 0.6 is 47.1 Å². The molecule has 1 aliphatic rings. The molecule has 126 valence electrons. The highest BCUT2D eigenvalue weighted by atomic mass is 35.5. The van der Waals surface area contributed by atoms with Crippen LogP contribution in [0.2, 0.25) is 4.34 Å². The van der Waals surface area contributed by atoms with Crippen LogP contribution in [0.5, 0.6) is 0 Å². The van der Waals surface area contributed by atoms with E-state index in [0.717, 1.165) is 49.2 Å². The summed E-state index contributed by atoms with van der Waals surface area (Å²) in [7, 11) is 0. The van der Waals surface area contributed by atoms with Crippen LogP contribution in [-0.2, 0) is 11.3 Å². The molecule has 2 N–H and O–H groups in total. The van der Waals surface area contributed by atoms with Crippen molar-refractivity contribution in [2.24, 2.45) is 5.73 Å². The highest BCUT2D eigenvalue weighted by Gasteiger charge is 2.25. The number of rotatable bonds is 6. The average molecular weight is 384 g/mol. The first-order valence-corrected chi connectivity index (χ1v) is 9.69. The lowest BCUT2D eigenvalue weighted by molar-refractivity contribution is -0.134. The Morgan fingerprint density at radius 3 is 2.64 bits per heavy atom. The minimum atomic E-state index is -0.347. The average Bonchev–Trinajstić information content (AvgIpc) is 2.90. The van der Waals surface area contributed by atoms with Crippen molar-refractivity contribution in [2.45, 2.75) is 19.0 Å². The van der Waals surface area contributed by atoms with E-state index in [9.17, 15) is 4.79 Å². The highest BCUT2D eigenvalue weighted by Crippen LogP contribution is 2.23. The van der Waals surface area contributed by atoms with Crippen LogP contribution in [0, 0.1) is 0 Å². The number of hydrogen-bond donors (Lipinski definition) is 1. The summed E-state index contributed by atoms with van der Waals surface area (Å²) in [4.78, 5) is 17.8. The summed E-state index contributed by atoms with van der Waals surface area (Å²) in [6, 6.07) is 3.66. The normalized spacial score (nSPS) is 17.1. The van der Waals surface area contributed by atoms with Gasteiger partial charge in [-0.25, -0.2) is 0 Å². The van der Waals surface area contributed by atoms with E-state index in [-0.39, 0.29) is 24.4 Å². The Morgan fingerprint density at radius 1 is 1.41 bits per heavy atom. The van der Waals surface area contributed by atoms with Gasteiger partial charge in [-0.05, 0) is 30.6 Å². The molecule has 22 heavy (non-hydrogen) atoms. The molecule has 0 aliphatic carbocycles. The van der Waals surface area contributed by atoms with Crippen molar-refractivity contribution in [3.8, 4) is 0 Å². The number of hydrogen-bond acceptors (Lipinski definition) is 5. The van der Waals surface area contributed by atoms with Crippen molar-refractivity contribution in [3.63, 3.8) is 0 Å². The van der Waals surface area contributed by atoms with Gasteiger partial charge in [0, 0.05) is 37.6 Å². The largest absolute Gasteiger partial charge is 0.339 e. The summed E-state index contributed by atoms with van der Waals surface area (Å²) in [6.07, 6.45) is 2.79. The highest BCUT2D eigenvalue weighted by molar-refractivity contribution is 7.98. The predicted molar refractivity (Wildman–Crippen MR) is 99.4 cm³/mol. The number of nitrogens with two attached hydrogens (primary N) is 1. The Kier molecular flexibility index (Phi) is 9.12. The second-order valence-electron chi connectivity index (χ2n) is 5.20. The van der Waals surface area contributed by atoms with Crippen LogP contribution in [0.3, 0.4) is 0 Å². The molecule has 8 heteroatoms. The number of amides is 1. The van der Waals surface area contributed by atoms with E-state index >= 15 is 0 Å². The summed E-state index contributed by atoms with van der Waals surface area (Å²) >= 11 is 9.30. The van der Waals surface area contributed by atoms with Gasteiger partial charge in [0.05, 0.1) is 10.4 Å². The minimum Gasteiger partial charge on any atom is -0.339 e. The summed E-state index contributed by atoms with van der Waals surface area (Å²) in [6.45, 7) is 4.25. The molecular weight excluding hydrogens is 361 g/mol. The first-order chi connectivity index (χ1) is 10.1. The lowest BCUT2D eigenvalue weighted by Gasteiger charge is -2.35. The Labute approximate surface area is 151 Å². The van der Waals surface area contributed by atoms with E-state index in [1.54, 1.807) is 23.1 Å². The molecule has 4 nitrogen and oxygen atoms in total. The predicted octanol–water partition coefficient (Wildman–Crippen LogP) is 2.55. The van der Waals surface area contributed by atoms with E-state index in [4.69, 9.17) is 17.3 Å². The van der Waals surface area contributed by atoms with Crippen molar-refractivity contribution < 1.29 is 4.79 Å². The zero-order chi connectivity index (χ0) is 15.2. The van der Waals surface area contributed by atoms with E-state index in [2.05, 4.69) is 11.0 Å². The second kappa shape index (κ2) is 10.0. The molecule has 0 spiro atoms. The maximum atomic E-state index is 12.2. The van der Waals surface area contributed by atoms with E-state index < -0.39 is 0 Å². The monoisotopic (exact) mass is 383 g/mol. The molecule has 0 saturated carbocycles. The fraction of sp³-hybridized carbons (Fsp3) is 0.643. The molecule has 1 fully saturated rings. The standard InChI is InChI=1S/C14H22ClN3OS2.ClH/c1-20-9-4-12(16)14(19)18-7-5-17(6-8-18)10-11-2-3-13(15)21-11;/h2-3,12H,4-10,16H2,1H3;1H/t12-;/m0./s1. The second-order valence-corrected chi connectivity index (χ2v) is 7.98. The van der Waals surface area contributed by atoms with Gasteiger partial charge in [-0.2, -0.15) is 11.8 Å². The lowest BCUT2D eigenvalue weighted by Crippen LogP contribution is -2.52. The third-order valence-electron chi connectivity index (χ3n) is 3.64. The fourth-order valence-electron chi connectivity index (χ4n) is 2.39. The molecule has 0 bridgehead atoms. The van der Waals surface area contributed by atoms with Crippen LogP contribution in [-0.4, -0.2) is 59.9 Å². The van der Waals surface area contributed by atoms with Gasteiger partial charge in [-0.15, -0.1) is 23.7 Å². The van der Waals surface area contributed by atoms with Crippen LogP contribution in [0.1, 0.15) is 11.3 Å². The Bertz CT molecular complexity index is 465. The third-order valence-corrected chi connectivity index (χ3v) is 5.50. The topological polar surface area (TPSA) is 49.6 Å². The van der Waals surface area contributed by atoms with Crippen molar-refractivity contribution >= 4 is 53.0 Å². The molecule has 0 radical (unpaired) electrons. The molecule has 0 unspecified atom stereocenters. The first-order valence-electron chi connectivity index (χ1n) is 7.10. The smallest absolute Gasteiger partial charge is 0.239 e. The van der Waals surface area contributed by atoms with Gasteiger partial charge < -0.3 is 10.6 Å². The van der Waals surface area contributed by atoms with E-state index in [1.165, 1.54) is 4.88 Å². The quantitative estimate of drug-likeness (QED) is 0.819. The number of piperazine rings is 1. The number of carbonyl (C=O) groups excluding carboxylic acids is 1. The molecule has 0 aromatic carbocycles. The van der Waals surface area contributed by atoms with Crippen molar-refractivity contribution in [1.82, 2.24) is 9.80 Å². The first kappa shape index (κ1) is 20.1. The van der Waals surface area contributed by atoms with Crippen LogP contribution in [0.4, 0.5) is 0 Å². The van der Waals surface area contributed by atoms with Crippen LogP contribution in [0.25, 0.3) is 0 Å². The number of carbonyl (C=O) groups is 1. The van der Waals surface area contributed by atoms with E-state index in [1.807, 2.05) is 17.2 Å². The summed E-state index contributed by atoms with van der Waals surface area (Å²) in [5, 5.41) is 0. The van der Waals surface area contributed by atoms with Gasteiger partial charge in [0.2, 0.25) is 5.91 Å². The van der Waals surface area contributed by atoms with Gasteiger partial charge in [-0.1, -0.05) is 11.6 Å². The molecule has 1 saturated heterocycles. The summed E-state index contributed by atoms with van der Waals surface area (Å²) in [5.74, 6) is 1.04. The van der Waals surface area contributed by atoms with Crippen LogP contribution in [0.15, 0.2) is 12.1 Å². The van der Waals surface area contributed by atoms with Gasteiger partial charge in [0.1, 0.15) is 0 Å². The molecule has 1 aromatic heterocycles. The van der Waals surface area contributed by atoms with Gasteiger partial charge in [-0.3, -0.25) is 9.69 Å². The zero-order valence-corrected chi connectivity index (χ0v) is 15.9. The zero-order valence-electron chi connectivity index (χ0n) is 12.7. The summed E-state index contributed by atoms with van der Waals surface area (Å²) in [5.41, 5.74) is 5.96. The van der Waals surface area contributed by atoms with E-state index in [0.29, 0.717) is 0 Å². The number of thiophene rings is 1. The minimum absolute atomic E-state index is 0. The molecule has 2 heterocycles. The Hall–Kier alpha value is 0.0200. The van der Waals surface area contributed by atoms with Gasteiger partial charge >= 0.3 is 0 Å². The Balaban J connectivity index is 0.00000242. The molecule has 1 aromatic rings. The number of nitrogens with zero attached hydrogens (tertiary/aromatic N) is 2. The third kappa shape index (κ3) is 5.91. The summed E-state index contributed by atoms with van der Waals surface area (Å²) < 4.78 is 0.832. The molecule has 1 atom stereocenters. The van der Waals surface area contributed by atoms with Crippen molar-refractivity contribution in [2.75, 3.05) is 38.2 Å². The van der Waals surface area contributed by atoms with Crippen molar-refractivity contribution in [3.05, 3.63) is 21.3 Å². The molecular formula is C14H23Cl2N3OS2. The molecule has 1 amide bonds. The number of halogens is 2. The SMILES string of the molecule is CSCC[C@H](N)C(=O)N1CCN(Cc2ccc(Cl)s2)CC1.Cl. The maximum Gasteiger partial charge on any atom is 0.239 e. The molecule has 1 aliphatic heterocycles. The van der Waals surface area contributed by atoms with Crippen molar-refractivity contribution in [1.29, 1.82) is 0 Å². The fourth-order valence-corrected chi connectivity index (χ4v) is 4.01.